The molecule has 5 nitrogen and oxygen atoms in total. The number of hydrogen-bond donors (Lipinski definition) is 1. The maximum absolute atomic E-state index is 13.0. The molecule has 9 heteroatoms. The lowest BCUT2D eigenvalue weighted by Crippen LogP contribution is -2.23. The quantitative estimate of drug-likeness (QED) is 0.880. The van der Waals surface area contributed by atoms with Gasteiger partial charge in [0.1, 0.15) is 17.2 Å². The van der Waals surface area contributed by atoms with Gasteiger partial charge in [-0.2, -0.15) is 18.3 Å². The lowest BCUT2D eigenvalue weighted by molar-refractivity contribution is -0.142. The average molecular weight is 329 g/mol. The molecule has 0 atom stereocenters. The lowest BCUT2D eigenvalue weighted by atomic mass is 10.2. The molecular formula is C14H11F4N3O2. The van der Waals surface area contributed by atoms with Crippen molar-refractivity contribution in [2.24, 2.45) is 0 Å². The van der Waals surface area contributed by atoms with Gasteiger partial charge in [-0.1, -0.05) is 12.1 Å². The van der Waals surface area contributed by atoms with Crippen molar-refractivity contribution in [2.45, 2.75) is 19.3 Å². The number of aromatic carboxylic acids is 1. The van der Waals surface area contributed by atoms with Gasteiger partial charge >= 0.3 is 12.1 Å². The van der Waals surface area contributed by atoms with Gasteiger partial charge in [-0.25, -0.2) is 13.9 Å². The molecule has 1 aliphatic heterocycles. The molecule has 0 aliphatic carbocycles. The van der Waals surface area contributed by atoms with Crippen LogP contribution in [0.5, 0.6) is 0 Å². The number of carboxylic acid groups (broad SMARTS) is 1. The summed E-state index contributed by atoms with van der Waals surface area (Å²) >= 11 is 0. The normalized spacial score (nSPS) is 14.2. The van der Waals surface area contributed by atoms with Crippen LogP contribution in [0.4, 0.5) is 23.4 Å². The second kappa shape index (κ2) is 5.25. The maximum Gasteiger partial charge on any atom is 0.436 e. The van der Waals surface area contributed by atoms with E-state index in [4.69, 9.17) is 0 Å². The van der Waals surface area contributed by atoms with E-state index in [1.807, 2.05) is 0 Å². The molecule has 1 aromatic heterocycles. The van der Waals surface area contributed by atoms with Gasteiger partial charge in [0.2, 0.25) is 0 Å². The van der Waals surface area contributed by atoms with Crippen LogP contribution in [-0.4, -0.2) is 27.4 Å². The van der Waals surface area contributed by atoms with Crippen molar-refractivity contribution in [3.63, 3.8) is 0 Å². The fourth-order valence-corrected chi connectivity index (χ4v) is 2.61. The number of hydrogen-bond acceptors (Lipinski definition) is 3. The smallest absolute Gasteiger partial charge is 0.436 e. The third-order valence-corrected chi connectivity index (χ3v) is 3.58. The van der Waals surface area contributed by atoms with Crippen LogP contribution in [0.3, 0.4) is 0 Å². The van der Waals surface area contributed by atoms with Crippen molar-refractivity contribution in [2.75, 3.05) is 11.4 Å². The van der Waals surface area contributed by atoms with E-state index in [9.17, 15) is 27.5 Å². The molecule has 0 bridgehead atoms. The zero-order chi connectivity index (χ0) is 16.8. The summed E-state index contributed by atoms with van der Waals surface area (Å²) in [7, 11) is 0. The summed E-state index contributed by atoms with van der Waals surface area (Å²) in [4.78, 5) is 12.8. The number of rotatable bonds is 3. The first kappa shape index (κ1) is 15.3. The van der Waals surface area contributed by atoms with Crippen molar-refractivity contribution < 1.29 is 27.5 Å². The third-order valence-electron chi connectivity index (χ3n) is 3.58. The fourth-order valence-electron chi connectivity index (χ4n) is 2.61. The van der Waals surface area contributed by atoms with Gasteiger partial charge in [0.05, 0.1) is 6.54 Å². The molecule has 1 aromatic carbocycles. The van der Waals surface area contributed by atoms with Crippen molar-refractivity contribution in [3.05, 3.63) is 46.9 Å². The molecule has 122 valence electrons. The van der Waals surface area contributed by atoms with Gasteiger partial charge < -0.3 is 10.0 Å². The Hall–Kier alpha value is -2.58. The minimum atomic E-state index is -4.84. The number of alkyl halides is 3. The molecule has 2 aromatic rings. The zero-order valence-electron chi connectivity index (χ0n) is 11.6. The van der Waals surface area contributed by atoms with Crippen molar-refractivity contribution in [1.82, 2.24) is 9.78 Å². The number of aromatic nitrogens is 2. The summed E-state index contributed by atoms with van der Waals surface area (Å²) in [5.74, 6) is -2.18. The van der Waals surface area contributed by atoms with Gasteiger partial charge in [0.25, 0.3) is 0 Å². The Kier molecular flexibility index (Phi) is 3.50. The fraction of sp³-hybridized carbons (Fsp3) is 0.286. The minimum Gasteiger partial charge on any atom is -0.477 e. The molecule has 0 unspecified atom stereocenters. The summed E-state index contributed by atoms with van der Waals surface area (Å²) in [6, 6.07) is 5.48. The maximum atomic E-state index is 13.0. The molecule has 3 rings (SSSR count). The predicted molar refractivity (Wildman–Crippen MR) is 71.6 cm³/mol. The SMILES string of the molecule is O=C(O)c1c(C(F)(F)F)nn2c1N(Cc1ccc(F)cc1)CC2. The summed E-state index contributed by atoms with van der Waals surface area (Å²) in [5, 5.41) is 12.6. The van der Waals surface area contributed by atoms with E-state index in [1.54, 1.807) is 0 Å². The summed E-state index contributed by atoms with van der Waals surface area (Å²) in [6.45, 7) is 0.661. The average Bonchev–Trinajstić information content (AvgIpc) is 3.00. The molecule has 2 heterocycles. The van der Waals surface area contributed by atoms with E-state index in [-0.39, 0.29) is 18.9 Å². The Bertz CT molecular complexity index is 753. The zero-order valence-corrected chi connectivity index (χ0v) is 11.6. The van der Waals surface area contributed by atoms with E-state index in [1.165, 1.54) is 29.2 Å². The highest BCUT2D eigenvalue weighted by Gasteiger charge is 2.44. The van der Waals surface area contributed by atoms with Gasteiger partial charge in [-0.15, -0.1) is 0 Å². The van der Waals surface area contributed by atoms with Crippen LogP contribution in [0.15, 0.2) is 24.3 Å². The first-order chi connectivity index (χ1) is 10.8. The molecule has 1 N–H and O–H groups in total. The lowest BCUT2D eigenvalue weighted by Gasteiger charge is -2.18. The number of fused-ring (bicyclic) bond motifs is 1. The van der Waals surface area contributed by atoms with Gasteiger partial charge in [-0.05, 0) is 17.7 Å². The van der Waals surface area contributed by atoms with Crippen LogP contribution in [0, 0.1) is 5.82 Å². The number of halogens is 4. The molecule has 0 fully saturated rings. The molecule has 0 saturated heterocycles. The van der Waals surface area contributed by atoms with Gasteiger partial charge in [0, 0.05) is 13.1 Å². The van der Waals surface area contributed by atoms with Crippen LogP contribution in [0.2, 0.25) is 0 Å². The highest BCUT2D eigenvalue weighted by molar-refractivity contribution is 5.95. The topological polar surface area (TPSA) is 58.4 Å². The molecule has 0 amide bonds. The number of nitrogens with zero attached hydrogens (tertiary/aromatic N) is 3. The van der Waals surface area contributed by atoms with E-state index < -0.39 is 29.2 Å². The van der Waals surface area contributed by atoms with E-state index in [0.29, 0.717) is 12.1 Å². The molecule has 0 saturated carbocycles. The number of benzene rings is 1. The molecular weight excluding hydrogens is 318 g/mol. The number of carboxylic acids is 1. The third kappa shape index (κ3) is 2.73. The van der Waals surface area contributed by atoms with E-state index in [0.717, 1.165) is 4.68 Å². The number of anilines is 1. The monoisotopic (exact) mass is 329 g/mol. The van der Waals surface area contributed by atoms with Gasteiger partial charge in [0.15, 0.2) is 5.69 Å². The Labute approximate surface area is 127 Å². The molecule has 0 spiro atoms. The first-order valence-corrected chi connectivity index (χ1v) is 6.68. The van der Waals surface area contributed by atoms with E-state index in [2.05, 4.69) is 5.10 Å². The van der Waals surface area contributed by atoms with Crippen molar-refractivity contribution in [3.8, 4) is 0 Å². The highest BCUT2D eigenvalue weighted by Crippen LogP contribution is 2.38. The Morgan fingerprint density at radius 1 is 1.22 bits per heavy atom. The van der Waals surface area contributed by atoms with Crippen LogP contribution in [0.25, 0.3) is 0 Å². The van der Waals surface area contributed by atoms with Crippen molar-refractivity contribution in [1.29, 1.82) is 0 Å². The standard InChI is InChI=1S/C14H11F4N3O2/c15-9-3-1-8(2-4-9)7-20-5-6-21-12(20)10(13(22)23)11(19-21)14(16,17)18/h1-4H,5-7H2,(H,22,23). The van der Waals surface area contributed by atoms with Crippen LogP contribution in [-0.2, 0) is 19.3 Å². The molecule has 23 heavy (non-hydrogen) atoms. The van der Waals surface area contributed by atoms with E-state index >= 15 is 0 Å². The summed E-state index contributed by atoms with van der Waals surface area (Å²) in [5.41, 5.74) is -1.59. The predicted octanol–water partition coefficient (Wildman–Crippen LogP) is 2.76. The summed E-state index contributed by atoms with van der Waals surface area (Å²) in [6.07, 6.45) is -4.84. The Morgan fingerprint density at radius 3 is 2.43 bits per heavy atom. The largest absolute Gasteiger partial charge is 0.477 e. The Balaban J connectivity index is 1.99. The second-order valence-corrected chi connectivity index (χ2v) is 5.12. The number of carbonyl (C=O) groups is 1. The van der Waals surface area contributed by atoms with Crippen molar-refractivity contribution >= 4 is 11.8 Å². The van der Waals surface area contributed by atoms with Gasteiger partial charge in [-0.3, -0.25) is 0 Å². The van der Waals surface area contributed by atoms with Crippen LogP contribution in [0.1, 0.15) is 21.6 Å². The molecule has 0 radical (unpaired) electrons. The first-order valence-electron chi connectivity index (χ1n) is 6.68. The molecule has 1 aliphatic rings. The second-order valence-electron chi connectivity index (χ2n) is 5.12. The van der Waals surface area contributed by atoms with Crippen LogP contribution >= 0.6 is 0 Å². The highest BCUT2D eigenvalue weighted by atomic mass is 19.4. The minimum absolute atomic E-state index is 0.0749. The Morgan fingerprint density at radius 2 is 1.87 bits per heavy atom. The summed E-state index contributed by atoms with van der Waals surface area (Å²) < 4.78 is 52.8. The van der Waals surface area contributed by atoms with Crippen LogP contribution < -0.4 is 4.90 Å².